The summed E-state index contributed by atoms with van der Waals surface area (Å²) >= 11 is 9.77. The van der Waals surface area contributed by atoms with E-state index in [1.165, 1.54) is 0 Å². The van der Waals surface area contributed by atoms with Crippen molar-refractivity contribution in [1.29, 1.82) is 0 Å². The molecule has 2 N–H and O–H groups in total. The fraction of sp³-hybridized carbons (Fsp3) is 0.250. The molecule has 0 aliphatic heterocycles. The number of hydrogen-bond acceptors (Lipinski definition) is 4. The second-order valence-electron chi connectivity index (χ2n) is 5.17. The Kier molecular flexibility index (Phi) is 4.84. The number of aromatic nitrogens is 3. The zero-order valence-electron chi connectivity index (χ0n) is 12.5. The maximum absolute atomic E-state index is 9.46. The molecular weight excluding hydrogens is 380 g/mol. The van der Waals surface area contributed by atoms with Gasteiger partial charge in [-0.15, -0.1) is 0 Å². The summed E-state index contributed by atoms with van der Waals surface area (Å²) < 4.78 is 2.51. The van der Waals surface area contributed by atoms with Crippen molar-refractivity contribution >= 4 is 39.0 Å². The van der Waals surface area contributed by atoms with Crippen LogP contribution < -0.4 is 5.32 Å². The Labute approximate surface area is 147 Å². The van der Waals surface area contributed by atoms with Crippen LogP contribution in [0.3, 0.4) is 0 Å². The van der Waals surface area contributed by atoms with Gasteiger partial charge in [-0.05, 0) is 28.4 Å². The maximum atomic E-state index is 9.46. The molecule has 120 valence electrons. The number of anilines is 1. The first-order valence-electron chi connectivity index (χ1n) is 7.30. The van der Waals surface area contributed by atoms with Crippen LogP contribution in [0.5, 0.6) is 0 Å². The number of aliphatic hydroxyl groups is 1. The van der Waals surface area contributed by atoms with Crippen molar-refractivity contribution in [1.82, 2.24) is 14.6 Å². The van der Waals surface area contributed by atoms with Crippen molar-refractivity contribution in [2.24, 2.45) is 0 Å². The molecule has 0 unspecified atom stereocenters. The Balaban J connectivity index is 2.17. The monoisotopic (exact) mass is 394 g/mol. The summed E-state index contributed by atoms with van der Waals surface area (Å²) in [5.41, 5.74) is 2.29. The highest BCUT2D eigenvalue weighted by atomic mass is 79.9. The van der Waals surface area contributed by atoms with E-state index in [0.717, 1.165) is 28.0 Å². The van der Waals surface area contributed by atoms with E-state index in [9.17, 15) is 5.11 Å². The summed E-state index contributed by atoms with van der Waals surface area (Å²) in [6.45, 7) is 2.06. The molecule has 0 aliphatic carbocycles. The van der Waals surface area contributed by atoms with Gasteiger partial charge in [-0.25, -0.2) is 4.98 Å². The molecule has 0 fully saturated rings. The third kappa shape index (κ3) is 3.20. The molecule has 0 aliphatic rings. The lowest BCUT2D eigenvalue weighted by Gasteiger charge is -2.17. The van der Waals surface area contributed by atoms with Gasteiger partial charge in [0.1, 0.15) is 5.82 Å². The zero-order chi connectivity index (χ0) is 16.4. The highest BCUT2D eigenvalue weighted by molar-refractivity contribution is 9.10. The van der Waals surface area contributed by atoms with Gasteiger partial charge in [0.05, 0.1) is 29.0 Å². The number of aliphatic hydroxyl groups excluding tert-OH is 1. The molecule has 3 rings (SSSR count). The van der Waals surface area contributed by atoms with Crippen LogP contribution in [0.1, 0.15) is 13.3 Å². The van der Waals surface area contributed by atoms with Crippen LogP contribution in [0.4, 0.5) is 5.82 Å². The minimum atomic E-state index is -0.0531. The summed E-state index contributed by atoms with van der Waals surface area (Å²) in [4.78, 5) is 4.65. The summed E-state index contributed by atoms with van der Waals surface area (Å²) in [7, 11) is 0. The predicted molar refractivity (Wildman–Crippen MR) is 95.9 cm³/mol. The summed E-state index contributed by atoms with van der Waals surface area (Å²) in [6, 6.07) is 9.42. The topological polar surface area (TPSA) is 62.5 Å². The highest BCUT2D eigenvalue weighted by Crippen LogP contribution is 2.30. The molecular formula is C16H16BrClN4O. The van der Waals surface area contributed by atoms with Crippen LogP contribution in [-0.2, 0) is 0 Å². The van der Waals surface area contributed by atoms with Crippen molar-refractivity contribution in [2.75, 3.05) is 11.9 Å². The Morgan fingerprint density at radius 2 is 2.17 bits per heavy atom. The molecule has 2 heterocycles. The lowest BCUT2D eigenvalue weighted by atomic mass is 10.1. The van der Waals surface area contributed by atoms with Crippen molar-refractivity contribution in [2.45, 2.75) is 19.4 Å². The number of fused-ring (bicyclic) bond motifs is 1. The van der Waals surface area contributed by atoms with Crippen LogP contribution >= 0.6 is 27.5 Å². The molecule has 7 heteroatoms. The fourth-order valence-electron chi connectivity index (χ4n) is 2.33. The van der Waals surface area contributed by atoms with Crippen LogP contribution in [0.2, 0.25) is 5.02 Å². The molecule has 1 atom stereocenters. The second-order valence-corrected chi connectivity index (χ2v) is 6.43. The minimum absolute atomic E-state index is 0.0458. The van der Waals surface area contributed by atoms with E-state index in [2.05, 4.69) is 31.3 Å². The van der Waals surface area contributed by atoms with Crippen LogP contribution in [0.15, 0.2) is 41.0 Å². The molecule has 5 nitrogen and oxygen atoms in total. The van der Waals surface area contributed by atoms with Crippen LogP contribution in [0, 0.1) is 0 Å². The van der Waals surface area contributed by atoms with Crippen molar-refractivity contribution in [3.63, 3.8) is 0 Å². The van der Waals surface area contributed by atoms with Gasteiger partial charge in [-0.1, -0.05) is 36.7 Å². The molecule has 23 heavy (non-hydrogen) atoms. The molecule has 0 saturated carbocycles. The number of rotatable bonds is 5. The standard InChI is InChI=1S/C16H16BrClN4O/c1-2-10(9-23)20-15-7-14(11-5-3-4-6-13(11)18)21-16-12(17)8-19-22(15)16/h3-8,10,20,23H,2,9H2,1H3/t10-/m0/s1. The van der Waals surface area contributed by atoms with E-state index in [0.29, 0.717) is 10.7 Å². The fourth-order valence-corrected chi connectivity index (χ4v) is 2.91. The first kappa shape index (κ1) is 16.2. The lowest BCUT2D eigenvalue weighted by Crippen LogP contribution is -2.24. The molecule has 2 aromatic heterocycles. The van der Waals surface area contributed by atoms with Gasteiger partial charge < -0.3 is 10.4 Å². The number of halogens is 2. The highest BCUT2D eigenvalue weighted by Gasteiger charge is 2.15. The molecule has 0 amide bonds. The van der Waals surface area contributed by atoms with Crippen molar-refractivity contribution < 1.29 is 5.11 Å². The van der Waals surface area contributed by atoms with E-state index in [-0.39, 0.29) is 12.6 Å². The molecule has 0 bridgehead atoms. The summed E-state index contributed by atoms with van der Waals surface area (Å²) in [5, 5.41) is 17.7. The Hall–Kier alpha value is -1.63. The first-order valence-corrected chi connectivity index (χ1v) is 8.47. The largest absolute Gasteiger partial charge is 0.394 e. The lowest BCUT2D eigenvalue weighted by molar-refractivity contribution is 0.271. The third-order valence-electron chi connectivity index (χ3n) is 3.64. The SMILES string of the molecule is CC[C@@H](CO)Nc1cc(-c2ccccc2Cl)nc2c(Br)cnn12. The summed E-state index contributed by atoms with van der Waals surface area (Å²) in [6.07, 6.45) is 2.49. The molecule has 0 spiro atoms. The van der Waals surface area contributed by atoms with Gasteiger partial charge >= 0.3 is 0 Å². The minimum Gasteiger partial charge on any atom is -0.394 e. The molecule has 1 aromatic carbocycles. The zero-order valence-corrected chi connectivity index (χ0v) is 14.8. The third-order valence-corrected chi connectivity index (χ3v) is 4.53. The van der Waals surface area contributed by atoms with E-state index >= 15 is 0 Å². The van der Waals surface area contributed by atoms with E-state index in [1.807, 2.05) is 37.3 Å². The van der Waals surface area contributed by atoms with Gasteiger partial charge in [0.25, 0.3) is 0 Å². The van der Waals surface area contributed by atoms with Crippen molar-refractivity contribution in [3.8, 4) is 11.3 Å². The maximum Gasteiger partial charge on any atom is 0.172 e. The van der Waals surface area contributed by atoms with Gasteiger partial charge in [-0.3, -0.25) is 0 Å². The molecule has 3 aromatic rings. The quantitative estimate of drug-likeness (QED) is 0.685. The average molecular weight is 396 g/mol. The average Bonchev–Trinajstić information content (AvgIpc) is 2.94. The number of hydrogen-bond donors (Lipinski definition) is 2. The smallest absolute Gasteiger partial charge is 0.172 e. The predicted octanol–water partition coefficient (Wildman–Crippen LogP) is 4.00. The van der Waals surface area contributed by atoms with Crippen LogP contribution in [-0.4, -0.2) is 32.4 Å². The normalized spacial score (nSPS) is 12.5. The summed E-state index contributed by atoms with van der Waals surface area (Å²) in [5.74, 6) is 0.761. The Morgan fingerprint density at radius 1 is 1.39 bits per heavy atom. The Morgan fingerprint density at radius 3 is 2.87 bits per heavy atom. The molecule has 0 radical (unpaired) electrons. The van der Waals surface area contributed by atoms with Gasteiger partial charge in [0, 0.05) is 16.7 Å². The second kappa shape index (κ2) is 6.86. The van der Waals surface area contributed by atoms with E-state index in [1.54, 1.807) is 10.7 Å². The number of nitrogens with one attached hydrogen (secondary N) is 1. The Bertz CT molecular complexity index is 832. The number of nitrogens with zero attached hydrogens (tertiary/aromatic N) is 3. The molecule has 0 saturated heterocycles. The first-order chi connectivity index (χ1) is 11.1. The van der Waals surface area contributed by atoms with Crippen molar-refractivity contribution in [3.05, 3.63) is 46.0 Å². The van der Waals surface area contributed by atoms with Gasteiger partial charge in [0.15, 0.2) is 5.65 Å². The van der Waals surface area contributed by atoms with Gasteiger partial charge in [0.2, 0.25) is 0 Å². The van der Waals surface area contributed by atoms with Crippen LogP contribution in [0.25, 0.3) is 16.9 Å². The van der Waals surface area contributed by atoms with Gasteiger partial charge in [-0.2, -0.15) is 9.61 Å². The van der Waals surface area contributed by atoms with E-state index < -0.39 is 0 Å². The number of benzene rings is 1. The van der Waals surface area contributed by atoms with E-state index in [4.69, 9.17) is 11.6 Å².